The van der Waals surface area contributed by atoms with Gasteiger partial charge in [0.2, 0.25) is 5.89 Å². The quantitative estimate of drug-likeness (QED) is 0.888. The first-order valence-corrected chi connectivity index (χ1v) is 6.09. The first-order chi connectivity index (χ1) is 7.66. The summed E-state index contributed by atoms with van der Waals surface area (Å²) in [4.78, 5) is 9.67. The Morgan fingerprint density at radius 1 is 1.44 bits per heavy atom. The fourth-order valence-corrected chi connectivity index (χ4v) is 2.13. The normalized spacial score (nSPS) is 12.9. The number of aromatic nitrogens is 2. The number of hydrogen-bond donors (Lipinski definition) is 1. The van der Waals surface area contributed by atoms with E-state index in [0.29, 0.717) is 0 Å². The second kappa shape index (κ2) is 4.76. The van der Waals surface area contributed by atoms with E-state index in [0.717, 1.165) is 23.9 Å². The van der Waals surface area contributed by atoms with Gasteiger partial charge in [0.05, 0.1) is 23.4 Å². The van der Waals surface area contributed by atoms with Gasteiger partial charge in [-0.2, -0.15) is 0 Å². The molecule has 5 heteroatoms. The Kier molecular flexibility index (Phi) is 3.36. The van der Waals surface area contributed by atoms with Crippen molar-refractivity contribution in [1.29, 1.82) is 0 Å². The Morgan fingerprint density at radius 3 is 2.81 bits per heavy atom. The molecule has 0 aliphatic carbocycles. The molecule has 0 aliphatic heterocycles. The molecule has 0 aliphatic rings. The minimum Gasteiger partial charge on any atom is -0.444 e. The molecule has 0 spiro atoms. The lowest BCUT2D eigenvalue weighted by molar-refractivity contribution is 0.403. The number of thiazole rings is 1. The molecule has 0 fully saturated rings. The second-order valence-corrected chi connectivity index (χ2v) is 4.71. The monoisotopic (exact) mass is 237 g/mol. The number of aryl methyl sites for hydroxylation is 2. The predicted molar refractivity (Wildman–Crippen MR) is 63.3 cm³/mol. The van der Waals surface area contributed by atoms with Crippen molar-refractivity contribution in [3.8, 4) is 0 Å². The smallest absolute Gasteiger partial charge is 0.211 e. The van der Waals surface area contributed by atoms with E-state index in [4.69, 9.17) is 4.42 Å². The summed E-state index contributed by atoms with van der Waals surface area (Å²) in [5.41, 5.74) is 2.96. The van der Waals surface area contributed by atoms with Crippen molar-refractivity contribution in [2.45, 2.75) is 33.4 Å². The first-order valence-electron chi connectivity index (χ1n) is 5.21. The van der Waals surface area contributed by atoms with Crippen LogP contribution in [0.5, 0.6) is 0 Å². The standard InChI is InChI=1S/C11H15N3OS/c1-7-4-13-11(15-7)9(3)12-5-10-8(2)14-6-16-10/h4,6,9,12H,5H2,1-3H3. The van der Waals surface area contributed by atoms with E-state index in [2.05, 4.69) is 15.3 Å². The van der Waals surface area contributed by atoms with E-state index >= 15 is 0 Å². The highest BCUT2D eigenvalue weighted by Gasteiger charge is 2.11. The largest absolute Gasteiger partial charge is 0.444 e. The van der Waals surface area contributed by atoms with Crippen molar-refractivity contribution >= 4 is 11.3 Å². The van der Waals surface area contributed by atoms with Gasteiger partial charge in [-0.3, -0.25) is 0 Å². The van der Waals surface area contributed by atoms with Crippen molar-refractivity contribution in [3.63, 3.8) is 0 Å². The summed E-state index contributed by atoms with van der Waals surface area (Å²) in [5, 5.41) is 3.37. The third-order valence-corrected chi connectivity index (χ3v) is 3.36. The van der Waals surface area contributed by atoms with Gasteiger partial charge in [-0.1, -0.05) is 0 Å². The average molecular weight is 237 g/mol. The predicted octanol–water partition coefficient (Wildman–Crippen LogP) is 2.60. The molecule has 0 aromatic carbocycles. The molecule has 1 unspecified atom stereocenters. The fraction of sp³-hybridized carbons (Fsp3) is 0.455. The lowest BCUT2D eigenvalue weighted by Gasteiger charge is -2.09. The van der Waals surface area contributed by atoms with Crippen LogP contribution in [0.15, 0.2) is 16.1 Å². The van der Waals surface area contributed by atoms with Gasteiger partial charge in [0.1, 0.15) is 5.76 Å². The van der Waals surface area contributed by atoms with Crippen molar-refractivity contribution in [2.75, 3.05) is 0 Å². The van der Waals surface area contributed by atoms with Crippen molar-refractivity contribution in [1.82, 2.24) is 15.3 Å². The summed E-state index contributed by atoms with van der Waals surface area (Å²) in [5.74, 6) is 1.58. The lowest BCUT2D eigenvalue weighted by Crippen LogP contribution is -2.18. The molecule has 4 nitrogen and oxygen atoms in total. The molecule has 86 valence electrons. The molecule has 2 aromatic rings. The highest BCUT2D eigenvalue weighted by molar-refractivity contribution is 7.09. The van der Waals surface area contributed by atoms with Crippen molar-refractivity contribution in [3.05, 3.63) is 33.9 Å². The van der Waals surface area contributed by atoms with E-state index in [1.165, 1.54) is 4.88 Å². The van der Waals surface area contributed by atoms with Gasteiger partial charge in [0, 0.05) is 11.4 Å². The zero-order chi connectivity index (χ0) is 11.5. The molecule has 1 atom stereocenters. The van der Waals surface area contributed by atoms with Gasteiger partial charge in [-0.05, 0) is 20.8 Å². The molecule has 0 saturated carbocycles. The van der Waals surface area contributed by atoms with Gasteiger partial charge in [0.25, 0.3) is 0 Å². The summed E-state index contributed by atoms with van der Waals surface area (Å²) in [6.45, 7) is 6.77. The van der Waals surface area contributed by atoms with Crippen LogP contribution in [0.4, 0.5) is 0 Å². The van der Waals surface area contributed by atoms with Gasteiger partial charge in [-0.15, -0.1) is 11.3 Å². The molecule has 2 rings (SSSR count). The topological polar surface area (TPSA) is 51.0 Å². The van der Waals surface area contributed by atoms with E-state index in [-0.39, 0.29) is 6.04 Å². The molecular weight excluding hydrogens is 222 g/mol. The minimum absolute atomic E-state index is 0.121. The van der Waals surface area contributed by atoms with Crippen LogP contribution in [0.25, 0.3) is 0 Å². The van der Waals surface area contributed by atoms with Crippen molar-refractivity contribution < 1.29 is 4.42 Å². The Hall–Kier alpha value is -1.20. The zero-order valence-electron chi connectivity index (χ0n) is 9.65. The van der Waals surface area contributed by atoms with Crippen LogP contribution in [0.1, 0.15) is 35.2 Å². The SMILES string of the molecule is Cc1cnc(C(C)NCc2scnc2C)o1. The van der Waals surface area contributed by atoms with E-state index in [1.807, 2.05) is 26.3 Å². The third-order valence-electron chi connectivity index (χ3n) is 2.42. The second-order valence-electron chi connectivity index (χ2n) is 3.77. The Labute approximate surface area is 98.7 Å². The van der Waals surface area contributed by atoms with Crippen LogP contribution in [-0.4, -0.2) is 9.97 Å². The van der Waals surface area contributed by atoms with Crippen LogP contribution in [0.3, 0.4) is 0 Å². The number of hydrogen-bond acceptors (Lipinski definition) is 5. The molecular formula is C11H15N3OS. The minimum atomic E-state index is 0.121. The average Bonchev–Trinajstić information content (AvgIpc) is 2.84. The molecule has 1 N–H and O–H groups in total. The molecule has 16 heavy (non-hydrogen) atoms. The molecule has 0 bridgehead atoms. The van der Waals surface area contributed by atoms with Gasteiger partial charge >= 0.3 is 0 Å². The Bertz CT molecular complexity index is 463. The van der Waals surface area contributed by atoms with E-state index < -0.39 is 0 Å². The molecule has 2 heterocycles. The first kappa shape index (κ1) is 11.3. The number of nitrogens with one attached hydrogen (secondary N) is 1. The highest BCUT2D eigenvalue weighted by Crippen LogP contribution is 2.16. The number of oxazole rings is 1. The van der Waals surface area contributed by atoms with Crippen LogP contribution < -0.4 is 5.32 Å². The maximum atomic E-state index is 5.46. The summed E-state index contributed by atoms with van der Waals surface area (Å²) < 4.78 is 5.46. The molecule has 0 amide bonds. The van der Waals surface area contributed by atoms with Crippen LogP contribution in [-0.2, 0) is 6.54 Å². The Morgan fingerprint density at radius 2 is 2.25 bits per heavy atom. The van der Waals surface area contributed by atoms with Crippen molar-refractivity contribution in [2.24, 2.45) is 0 Å². The highest BCUT2D eigenvalue weighted by atomic mass is 32.1. The molecule has 0 saturated heterocycles. The molecule has 2 aromatic heterocycles. The number of rotatable bonds is 4. The Balaban J connectivity index is 1.93. The fourth-order valence-electron chi connectivity index (χ4n) is 1.40. The zero-order valence-corrected chi connectivity index (χ0v) is 10.5. The van der Waals surface area contributed by atoms with Crippen LogP contribution in [0.2, 0.25) is 0 Å². The van der Waals surface area contributed by atoms with Crippen LogP contribution in [0, 0.1) is 13.8 Å². The maximum absolute atomic E-state index is 5.46. The summed E-state index contributed by atoms with van der Waals surface area (Å²) in [6.07, 6.45) is 1.74. The van der Waals surface area contributed by atoms with Gasteiger partial charge in [-0.25, -0.2) is 9.97 Å². The summed E-state index contributed by atoms with van der Waals surface area (Å²) in [6, 6.07) is 0.121. The molecule has 0 radical (unpaired) electrons. The lowest BCUT2D eigenvalue weighted by atomic mass is 10.3. The summed E-state index contributed by atoms with van der Waals surface area (Å²) in [7, 11) is 0. The maximum Gasteiger partial charge on any atom is 0.211 e. The van der Waals surface area contributed by atoms with Crippen LogP contribution >= 0.6 is 11.3 Å². The van der Waals surface area contributed by atoms with E-state index in [9.17, 15) is 0 Å². The third kappa shape index (κ3) is 2.48. The van der Waals surface area contributed by atoms with E-state index in [1.54, 1.807) is 17.5 Å². The van der Waals surface area contributed by atoms with Gasteiger partial charge in [0.15, 0.2) is 0 Å². The number of nitrogens with zero attached hydrogens (tertiary/aromatic N) is 2. The van der Waals surface area contributed by atoms with Gasteiger partial charge < -0.3 is 9.73 Å². The summed E-state index contributed by atoms with van der Waals surface area (Å²) >= 11 is 1.67.